The molecule has 0 radical (unpaired) electrons. The summed E-state index contributed by atoms with van der Waals surface area (Å²) in [6.45, 7) is 3.21. The van der Waals surface area contributed by atoms with Crippen LogP contribution in [0.1, 0.15) is 36.2 Å². The van der Waals surface area contributed by atoms with Crippen molar-refractivity contribution in [2.75, 3.05) is 6.61 Å². The van der Waals surface area contributed by atoms with E-state index in [4.69, 9.17) is 9.39 Å². The SMILES string of the molecule is CCOC(=O)c1cc(F)cc2c1OB(O)[C@@H](CC(C)=O)C2. The molecule has 0 bridgehead atoms. The predicted octanol–water partition coefficient (Wildman–Crippen LogP) is 1.77. The lowest BCUT2D eigenvalue weighted by Gasteiger charge is -2.28. The van der Waals surface area contributed by atoms with Gasteiger partial charge in [0.2, 0.25) is 0 Å². The number of carbonyl (C=O) groups excluding carboxylic acids is 2. The first kappa shape index (κ1) is 15.5. The van der Waals surface area contributed by atoms with Gasteiger partial charge >= 0.3 is 13.1 Å². The lowest BCUT2D eigenvalue weighted by Crippen LogP contribution is -2.35. The van der Waals surface area contributed by atoms with Gasteiger partial charge in [-0.05, 0) is 38.0 Å². The molecule has 0 aromatic heterocycles. The van der Waals surface area contributed by atoms with E-state index < -0.39 is 24.7 Å². The third-order valence-electron chi connectivity index (χ3n) is 3.30. The molecule has 1 aromatic rings. The minimum Gasteiger partial charge on any atom is -0.535 e. The van der Waals surface area contributed by atoms with Gasteiger partial charge in [-0.3, -0.25) is 0 Å². The van der Waals surface area contributed by atoms with Crippen molar-refractivity contribution in [2.24, 2.45) is 0 Å². The maximum absolute atomic E-state index is 13.6. The van der Waals surface area contributed by atoms with Gasteiger partial charge in [-0.25, -0.2) is 9.18 Å². The first-order valence-electron chi connectivity index (χ1n) is 6.76. The third kappa shape index (κ3) is 3.42. The normalized spacial score (nSPS) is 17.0. The highest BCUT2D eigenvalue weighted by molar-refractivity contribution is 6.46. The molecule has 7 heteroatoms. The van der Waals surface area contributed by atoms with Crippen LogP contribution in [0.25, 0.3) is 0 Å². The van der Waals surface area contributed by atoms with Gasteiger partial charge in [-0.2, -0.15) is 0 Å². The molecule has 0 saturated heterocycles. The molecule has 0 amide bonds. The summed E-state index contributed by atoms with van der Waals surface area (Å²) in [6.07, 6.45) is 0.395. The molecule has 2 rings (SSSR count). The monoisotopic (exact) mass is 294 g/mol. The van der Waals surface area contributed by atoms with Gasteiger partial charge in [0.1, 0.15) is 22.9 Å². The molecule has 1 heterocycles. The van der Waals surface area contributed by atoms with Crippen LogP contribution in [0, 0.1) is 5.82 Å². The Balaban J connectivity index is 2.37. The van der Waals surface area contributed by atoms with Crippen molar-refractivity contribution in [1.29, 1.82) is 0 Å². The largest absolute Gasteiger partial charge is 0.535 e. The maximum Gasteiger partial charge on any atom is 0.526 e. The molecule has 0 spiro atoms. The molecule has 1 atom stereocenters. The van der Waals surface area contributed by atoms with Crippen LogP contribution in [-0.2, 0) is 16.0 Å². The van der Waals surface area contributed by atoms with E-state index in [0.717, 1.165) is 6.07 Å². The highest BCUT2D eigenvalue weighted by atomic mass is 19.1. The predicted molar refractivity (Wildman–Crippen MR) is 73.7 cm³/mol. The summed E-state index contributed by atoms with van der Waals surface area (Å²) in [5.74, 6) is -1.70. The van der Waals surface area contributed by atoms with Crippen LogP contribution in [0.15, 0.2) is 12.1 Å². The molecule has 1 aliphatic heterocycles. The Kier molecular flexibility index (Phi) is 4.62. The van der Waals surface area contributed by atoms with Gasteiger partial charge in [-0.15, -0.1) is 0 Å². The lowest BCUT2D eigenvalue weighted by atomic mass is 9.64. The minimum absolute atomic E-state index is 0.0489. The Bertz CT molecular complexity index is 575. The van der Waals surface area contributed by atoms with Crippen LogP contribution >= 0.6 is 0 Å². The summed E-state index contributed by atoms with van der Waals surface area (Å²) in [7, 11) is -1.21. The molecule has 1 aliphatic rings. The Morgan fingerprint density at radius 1 is 1.52 bits per heavy atom. The van der Waals surface area contributed by atoms with Crippen molar-refractivity contribution in [3.05, 3.63) is 29.1 Å². The van der Waals surface area contributed by atoms with Crippen molar-refractivity contribution < 1.29 is 28.4 Å². The highest BCUT2D eigenvalue weighted by Gasteiger charge is 2.37. The summed E-state index contributed by atoms with van der Waals surface area (Å²) in [6, 6.07) is 2.27. The molecule has 1 N–H and O–H groups in total. The molecule has 112 valence electrons. The average Bonchev–Trinajstić information content (AvgIpc) is 2.39. The maximum atomic E-state index is 13.6. The van der Waals surface area contributed by atoms with Gasteiger partial charge in [0, 0.05) is 12.2 Å². The highest BCUT2D eigenvalue weighted by Crippen LogP contribution is 2.37. The molecule has 0 fully saturated rings. The zero-order valence-electron chi connectivity index (χ0n) is 11.9. The number of halogens is 1. The molecule has 5 nitrogen and oxygen atoms in total. The molecule has 0 saturated carbocycles. The first-order valence-corrected chi connectivity index (χ1v) is 6.76. The van der Waals surface area contributed by atoms with E-state index in [1.807, 2.05) is 0 Å². The topological polar surface area (TPSA) is 72.8 Å². The zero-order chi connectivity index (χ0) is 15.6. The second-order valence-electron chi connectivity index (χ2n) is 5.04. The summed E-state index contributed by atoms with van der Waals surface area (Å²) < 4.78 is 23.8. The van der Waals surface area contributed by atoms with Crippen molar-refractivity contribution in [1.82, 2.24) is 0 Å². The number of ketones is 1. The Labute approximate surface area is 122 Å². The van der Waals surface area contributed by atoms with E-state index in [2.05, 4.69) is 0 Å². The number of ether oxygens (including phenoxy) is 1. The van der Waals surface area contributed by atoms with Crippen LogP contribution in [-0.4, -0.2) is 30.5 Å². The number of fused-ring (bicyclic) bond motifs is 1. The third-order valence-corrected chi connectivity index (χ3v) is 3.30. The fourth-order valence-corrected chi connectivity index (χ4v) is 2.44. The summed E-state index contributed by atoms with van der Waals surface area (Å²) in [5.41, 5.74) is 0.404. The zero-order valence-corrected chi connectivity index (χ0v) is 11.9. The van der Waals surface area contributed by atoms with E-state index in [1.54, 1.807) is 6.92 Å². The van der Waals surface area contributed by atoms with Crippen LogP contribution in [0.5, 0.6) is 5.75 Å². The molecule has 21 heavy (non-hydrogen) atoms. The number of rotatable bonds is 4. The van der Waals surface area contributed by atoms with E-state index >= 15 is 0 Å². The number of carbonyl (C=O) groups is 2. The molecule has 0 aliphatic carbocycles. The van der Waals surface area contributed by atoms with Gasteiger partial charge in [0.15, 0.2) is 0 Å². The second kappa shape index (κ2) is 6.26. The molecular formula is C14H16BFO5. The van der Waals surface area contributed by atoms with E-state index in [9.17, 15) is 19.0 Å². The first-order chi connectivity index (χ1) is 9.92. The minimum atomic E-state index is -1.21. The van der Waals surface area contributed by atoms with E-state index in [-0.39, 0.29) is 36.5 Å². The summed E-state index contributed by atoms with van der Waals surface area (Å²) >= 11 is 0. The number of esters is 1. The lowest BCUT2D eigenvalue weighted by molar-refractivity contribution is -0.117. The Morgan fingerprint density at radius 3 is 2.86 bits per heavy atom. The van der Waals surface area contributed by atoms with Crippen molar-refractivity contribution in [3.63, 3.8) is 0 Å². The van der Waals surface area contributed by atoms with Crippen LogP contribution in [0.3, 0.4) is 0 Å². The quantitative estimate of drug-likeness (QED) is 0.676. The Hall–Kier alpha value is -1.89. The van der Waals surface area contributed by atoms with Crippen molar-refractivity contribution >= 4 is 18.9 Å². The summed E-state index contributed by atoms with van der Waals surface area (Å²) in [5, 5.41) is 9.95. The summed E-state index contributed by atoms with van der Waals surface area (Å²) in [4.78, 5) is 23.0. The van der Waals surface area contributed by atoms with Crippen LogP contribution in [0.4, 0.5) is 4.39 Å². The van der Waals surface area contributed by atoms with Gasteiger partial charge in [0.25, 0.3) is 0 Å². The van der Waals surface area contributed by atoms with Crippen LogP contribution < -0.4 is 4.65 Å². The van der Waals surface area contributed by atoms with Gasteiger partial charge in [-0.1, -0.05) is 0 Å². The number of Topliss-reactive ketones (excluding diaryl/α,β-unsaturated/α-hetero) is 1. The van der Waals surface area contributed by atoms with Crippen molar-refractivity contribution in [3.8, 4) is 5.75 Å². The second-order valence-corrected chi connectivity index (χ2v) is 5.04. The van der Waals surface area contributed by atoms with E-state index in [1.165, 1.54) is 13.0 Å². The standard InChI is InChI=1S/C14H16BFO5/c1-3-20-14(18)12-7-11(16)6-9-5-10(4-8(2)17)15(19)21-13(9)12/h6-7,10,19H,3-5H2,1-2H3/t10-/m0/s1. The van der Waals surface area contributed by atoms with E-state index in [0.29, 0.717) is 5.56 Å². The smallest absolute Gasteiger partial charge is 0.526 e. The van der Waals surface area contributed by atoms with Gasteiger partial charge < -0.3 is 19.2 Å². The van der Waals surface area contributed by atoms with Crippen LogP contribution in [0.2, 0.25) is 5.82 Å². The van der Waals surface area contributed by atoms with Crippen molar-refractivity contribution in [2.45, 2.75) is 32.5 Å². The fraction of sp³-hybridized carbons (Fsp3) is 0.429. The molecule has 1 aromatic carbocycles. The number of hydrogen-bond acceptors (Lipinski definition) is 5. The molecular weight excluding hydrogens is 278 g/mol. The Morgan fingerprint density at radius 2 is 2.24 bits per heavy atom. The molecule has 0 unspecified atom stereocenters. The fourth-order valence-electron chi connectivity index (χ4n) is 2.44. The average molecular weight is 294 g/mol. The van der Waals surface area contributed by atoms with Gasteiger partial charge in [0.05, 0.1) is 6.61 Å². The number of hydrogen-bond donors (Lipinski definition) is 1. The number of benzene rings is 1.